The fourth-order valence-corrected chi connectivity index (χ4v) is 2.95. The lowest BCUT2D eigenvalue weighted by molar-refractivity contribution is -0.122. The summed E-state index contributed by atoms with van der Waals surface area (Å²) in [4.78, 5) is 12.7. The summed E-state index contributed by atoms with van der Waals surface area (Å²) in [5, 5.41) is 6.54. The maximum absolute atomic E-state index is 12.7. The van der Waals surface area contributed by atoms with E-state index in [-0.39, 0.29) is 29.3 Å². The molecule has 1 aromatic carbocycles. The van der Waals surface area contributed by atoms with Crippen molar-refractivity contribution in [3.63, 3.8) is 0 Å². The summed E-state index contributed by atoms with van der Waals surface area (Å²) in [7, 11) is 0. The van der Waals surface area contributed by atoms with E-state index in [1.807, 2.05) is 18.2 Å². The second-order valence-corrected chi connectivity index (χ2v) is 6.72. The molecule has 1 aromatic rings. The molecule has 0 spiro atoms. The summed E-state index contributed by atoms with van der Waals surface area (Å²) in [5.41, 5.74) is 1.75. The van der Waals surface area contributed by atoms with Crippen molar-refractivity contribution >= 4 is 24.0 Å². The molecule has 1 aliphatic rings. The smallest absolute Gasteiger partial charge is 0.244 e. The number of benzene rings is 1. The van der Waals surface area contributed by atoms with Gasteiger partial charge in [0.25, 0.3) is 0 Å². The van der Waals surface area contributed by atoms with Crippen LogP contribution in [-0.4, -0.2) is 18.0 Å². The van der Waals surface area contributed by atoms with Crippen LogP contribution in [0, 0.1) is 0 Å². The summed E-state index contributed by atoms with van der Waals surface area (Å²) in [5.74, 6) is 0.106. The Morgan fingerprint density at radius 3 is 2.52 bits per heavy atom. The zero-order valence-corrected chi connectivity index (χ0v) is 14.3. The van der Waals surface area contributed by atoms with Crippen molar-refractivity contribution in [2.75, 3.05) is 11.9 Å². The zero-order chi connectivity index (χ0) is 14.8. The number of hydrogen-bond acceptors (Lipinski definition) is 2. The highest BCUT2D eigenvalue weighted by molar-refractivity contribution is 5.99. The first-order valence-corrected chi connectivity index (χ1v) is 7.55. The molecule has 0 radical (unpaired) electrons. The molecule has 2 rings (SSSR count). The van der Waals surface area contributed by atoms with Gasteiger partial charge in [-0.25, -0.2) is 0 Å². The lowest BCUT2D eigenvalue weighted by Crippen LogP contribution is -2.50. The first-order valence-electron chi connectivity index (χ1n) is 7.55. The highest BCUT2D eigenvalue weighted by atomic mass is 35.5. The van der Waals surface area contributed by atoms with Crippen molar-refractivity contribution in [1.29, 1.82) is 0 Å². The van der Waals surface area contributed by atoms with E-state index in [1.165, 1.54) is 5.56 Å². The molecule has 1 unspecified atom stereocenters. The van der Waals surface area contributed by atoms with E-state index >= 15 is 0 Å². The van der Waals surface area contributed by atoms with Crippen molar-refractivity contribution in [3.8, 4) is 0 Å². The van der Waals surface area contributed by atoms with Crippen molar-refractivity contribution in [2.45, 2.75) is 57.9 Å². The van der Waals surface area contributed by atoms with Gasteiger partial charge in [-0.15, -0.1) is 12.4 Å². The quantitative estimate of drug-likeness (QED) is 0.889. The van der Waals surface area contributed by atoms with Gasteiger partial charge in [-0.05, 0) is 42.9 Å². The van der Waals surface area contributed by atoms with Crippen LogP contribution in [0.3, 0.4) is 0 Å². The maximum atomic E-state index is 12.7. The molecule has 0 bridgehead atoms. The summed E-state index contributed by atoms with van der Waals surface area (Å²) < 4.78 is 0. The summed E-state index contributed by atoms with van der Waals surface area (Å²) in [6.07, 6.45) is 2.83. The van der Waals surface area contributed by atoms with E-state index in [9.17, 15) is 4.79 Å². The fraction of sp³-hybridized carbons (Fsp3) is 0.588. The Bertz CT molecular complexity index is 488. The summed E-state index contributed by atoms with van der Waals surface area (Å²) >= 11 is 0. The molecule has 4 heteroatoms. The molecule has 21 heavy (non-hydrogen) atoms. The Morgan fingerprint density at radius 1 is 1.33 bits per heavy atom. The minimum Gasteiger partial charge on any atom is -0.324 e. The first-order chi connectivity index (χ1) is 9.39. The highest BCUT2D eigenvalue weighted by Gasteiger charge is 2.39. The molecule has 0 saturated carbocycles. The molecule has 0 aromatic heterocycles. The SMILES string of the molecule is CCC1(C(=O)Nc2ccccc2C(C)(C)C)CCCN1.Cl. The molecule has 1 heterocycles. The summed E-state index contributed by atoms with van der Waals surface area (Å²) in [6, 6.07) is 8.10. The predicted molar refractivity (Wildman–Crippen MR) is 91.3 cm³/mol. The average Bonchev–Trinajstić information content (AvgIpc) is 2.88. The molecule has 118 valence electrons. The maximum Gasteiger partial charge on any atom is 0.244 e. The van der Waals surface area contributed by atoms with Crippen LogP contribution >= 0.6 is 12.4 Å². The van der Waals surface area contributed by atoms with Gasteiger partial charge in [0.05, 0.1) is 5.54 Å². The number of nitrogens with one attached hydrogen (secondary N) is 2. The predicted octanol–water partition coefficient (Wildman–Crippen LogP) is 3.88. The minimum atomic E-state index is -0.384. The van der Waals surface area contributed by atoms with Crippen molar-refractivity contribution in [2.24, 2.45) is 0 Å². The molecule has 1 atom stereocenters. The lowest BCUT2D eigenvalue weighted by Gasteiger charge is -2.29. The van der Waals surface area contributed by atoms with E-state index in [4.69, 9.17) is 0 Å². The third kappa shape index (κ3) is 3.78. The van der Waals surface area contributed by atoms with Gasteiger partial charge in [-0.1, -0.05) is 45.9 Å². The standard InChI is InChI=1S/C17H26N2O.ClH/c1-5-17(11-8-12-18-17)15(20)19-14-10-7-6-9-13(14)16(2,3)4;/h6-7,9-10,18H,5,8,11-12H2,1-4H3,(H,19,20);1H. The van der Waals surface area contributed by atoms with Gasteiger partial charge in [0.1, 0.15) is 0 Å². The Morgan fingerprint density at radius 2 is 2.00 bits per heavy atom. The van der Waals surface area contributed by atoms with Crippen LogP contribution in [-0.2, 0) is 10.2 Å². The van der Waals surface area contributed by atoms with Gasteiger partial charge in [-0.3, -0.25) is 4.79 Å². The van der Waals surface area contributed by atoms with Gasteiger partial charge >= 0.3 is 0 Å². The Labute approximate surface area is 134 Å². The van der Waals surface area contributed by atoms with Crippen LogP contribution in [0.2, 0.25) is 0 Å². The molecule has 1 saturated heterocycles. The van der Waals surface area contributed by atoms with Crippen LogP contribution in [0.5, 0.6) is 0 Å². The molecule has 2 N–H and O–H groups in total. The number of carbonyl (C=O) groups excluding carboxylic acids is 1. The topological polar surface area (TPSA) is 41.1 Å². The third-order valence-corrected chi connectivity index (χ3v) is 4.27. The normalized spacial score (nSPS) is 21.7. The number of anilines is 1. The molecule has 1 fully saturated rings. The number of halogens is 1. The number of para-hydroxylation sites is 1. The molecule has 3 nitrogen and oxygen atoms in total. The van der Waals surface area contributed by atoms with E-state index in [0.29, 0.717) is 0 Å². The number of hydrogen-bond donors (Lipinski definition) is 2. The van der Waals surface area contributed by atoms with Crippen LogP contribution in [0.1, 0.15) is 52.5 Å². The molecule has 0 aliphatic carbocycles. The van der Waals surface area contributed by atoms with Crippen LogP contribution in [0.15, 0.2) is 24.3 Å². The Kier molecular flexibility index (Phi) is 5.83. The molecule has 1 amide bonds. The number of rotatable bonds is 3. The van der Waals surface area contributed by atoms with Crippen LogP contribution in [0.25, 0.3) is 0 Å². The largest absolute Gasteiger partial charge is 0.324 e. The van der Waals surface area contributed by atoms with Crippen molar-refractivity contribution in [3.05, 3.63) is 29.8 Å². The monoisotopic (exact) mass is 310 g/mol. The fourth-order valence-electron chi connectivity index (χ4n) is 2.95. The summed E-state index contributed by atoms with van der Waals surface area (Å²) in [6.45, 7) is 9.51. The Balaban J connectivity index is 0.00000220. The van der Waals surface area contributed by atoms with E-state index in [2.05, 4.69) is 44.4 Å². The van der Waals surface area contributed by atoms with Gasteiger partial charge in [-0.2, -0.15) is 0 Å². The second-order valence-electron chi connectivity index (χ2n) is 6.72. The zero-order valence-electron chi connectivity index (χ0n) is 13.5. The Hall–Kier alpha value is -1.06. The lowest BCUT2D eigenvalue weighted by atomic mass is 9.85. The number of amides is 1. The van der Waals surface area contributed by atoms with Gasteiger partial charge < -0.3 is 10.6 Å². The van der Waals surface area contributed by atoms with Gasteiger partial charge in [0, 0.05) is 5.69 Å². The van der Waals surface area contributed by atoms with Gasteiger partial charge in [0.15, 0.2) is 0 Å². The second kappa shape index (κ2) is 6.80. The third-order valence-electron chi connectivity index (χ3n) is 4.27. The molecular formula is C17H27ClN2O. The van der Waals surface area contributed by atoms with Gasteiger partial charge in [0.2, 0.25) is 5.91 Å². The molecule has 1 aliphatic heterocycles. The average molecular weight is 311 g/mol. The first kappa shape index (κ1) is 18.0. The van der Waals surface area contributed by atoms with Crippen molar-refractivity contribution in [1.82, 2.24) is 5.32 Å². The van der Waals surface area contributed by atoms with Crippen LogP contribution < -0.4 is 10.6 Å². The van der Waals surface area contributed by atoms with Crippen LogP contribution in [0.4, 0.5) is 5.69 Å². The minimum absolute atomic E-state index is 0. The van der Waals surface area contributed by atoms with Crippen molar-refractivity contribution < 1.29 is 4.79 Å². The number of carbonyl (C=O) groups is 1. The molecular weight excluding hydrogens is 284 g/mol. The highest BCUT2D eigenvalue weighted by Crippen LogP contribution is 2.31. The van der Waals surface area contributed by atoms with E-state index in [1.54, 1.807) is 0 Å². The van der Waals surface area contributed by atoms with E-state index in [0.717, 1.165) is 31.5 Å². The van der Waals surface area contributed by atoms with E-state index < -0.39 is 0 Å².